The van der Waals surface area contributed by atoms with Crippen molar-refractivity contribution in [3.63, 3.8) is 0 Å². The number of furan rings is 1. The molecule has 0 aliphatic carbocycles. The van der Waals surface area contributed by atoms with E-state index in [1.54, 1.807) is 6.20 Å². The molecule has 0 bridgehead atoms. The molecule has 0 saturated heterocycles. The normalized spacial score (nSPS) is 11.6. The van der Waals surface area contributed by atoms with E-state index in [4.69, 9.17) is 20.7 Å². The van der Waals surface area contributed by atoms with Crippen LogP contribution < -0.4 is 4.74 Å². The molecule has 0 amide bonds. The van der Waals surface area contributed by atoms with Gasteiger partial charge in [0.1, 0.15) is 5.58 Å². The molecule has 0 spiro atoms. The number of benzene rings is 8. The second-order valence-corrected chi connectivity index (χ2v) is 16.3. The second kappa shape index (κ2) is 15.3. The SMILES string of the molecule is [C-]#[N+]c1cc2cc3oc4c(-c5nc6ccccc6n5-c5ccc(-c6ccccc6)cc5C(C)(C)C)[c-]c(Oc5[c-]c(-c6ccccn6)ccc5)cc4c3cc2c2ccccc12.[Pt+2]. The van der Waals surface area contributed by atoms with E-state index in [1.807, 2.05) is 91.0 Å². The van der Waals surface area contributed by atoms with Gasteiger partial charge in [0.05, 0.1) is 29.0 Å². The summed E-state index contributed by atoms with van der Waals surface area (Å²) in [6, 6.07) is 60.4. The van der Waals surface area contributed by atoms with Gasteiger partial charge >= 0.3 is 21.1 Å². The number of imidazole rings is 1. The molecule has 0 N–H and O–H groups in total. The Kier molecular flexibility index (Phi) is 9.59. The molecule has 3 heterocycles. The predicted octanol–water partition coefficient (Wildman–Crippen LogP) is 14.9. The van der Waals surface area contributed by atoms with E-state index < -0.39 is 0 Å². The average Bonchev–Trinajstić information content (AvgIpc) is 3.86. The number of para-hydroxylation sites is 2. The van der Waals surface area contributed by atoms with Crippen LogP contribution in [0.3, 0.4) is 0 Å². The fourth-order valence-corrected chi connectivity index (χ4v) is 8.55. The molecule has 0 fully saturated rings. The van der Waals surface area contributed by atoms with Crippen molar-refractivity contribution < 1.29 is 30.2 Å². The number of nitrogens with zero attached hydrogens (tertiary/aromatic N) is 4. The van der Waals surface area contributed by atoms with Gasteiger partial charge in [0.2, 0.25) is 0 Å². The summed E-state index contributed by atoms with van der Waals surface area (Å²) in [5.41, 5.74) is 10.3. The van der Waals surface area contributed by atoms with Crippen LogP contribution >= 0.6 is 0 Å². The summed E-state index contributed by atoms with van der Waals surface area (Å²) in [5.74, 6) is 1.69. The van der Waals surface area contributed by atoms with Crippen molar-refractivity contribution in [2.24, 2.45) is 0 Å². The number of fused-ring (bicyclic) bond motifs is 7. The molecule has 0 atom stereocenters. The number of pyridine rings is 1. The summed E-state index contributed by atoms with van der Waals surface area (Å²) in [5, 5.41) is 5.67. The minimum Gasteiger partial charge on any atom is -0.501 e. The number of aromatic nitrogens is 3. The molecule has 0 radical (unpaired) electrons. The van der Waals surface area contributed by atoms with Gasteiger partial charge in [-0.05, 0) is 97.9 Å². The molecule has 11 aromatic rings. The molecule has 8 aromatic carbocycles. The fraction of sp³-hybridized carbons (Fsp3) is 0.0727. The third-order valence-corrected chi connectivity index (χ3v) is 11.4. The fourth-order valence-electron chi connectivity index (χ4n) is 8.55. The summed E-state index contributed by atoms with van der Waals surface area (Å²) < 4.78 is 15.9. The van der Waals surface area contributed by atoms with Gasteiger partial charge in [0.25, 0.3) is 0 Å². The number of ether oxygens (including phenoxy) is 1. The Bertz CT molecular complexity index is 3560. The first-order valence-corrected chi connectivity index (χ1v) is 20.3. The van der Waals surface area contributed by atoms with Crippen molar-refractivity contribution >= 4 is 60.2 Å². The van der Waals surface area contributed by atoms with Crippen molar-refractivity contribution in [1.29, 1.82) is 0 Å². The molecule has 6 nitrogen and oxygen atoms in total. The third kappa shape index (κ3) is 6.63. The second-order valence-electron chi connectivity index (χ2n) is 16.3. The Morgan fingerprint density at radius 2 is 1.45 bits per heavy atom. The van der Waals surface area contributed by atoms with Gasteiger partial charge in [0.15, 0.2) is 5.69 Å². The average molecular weight is 980 g/mol. The third-order valence-electron chi connectivity index (χ3n) is 11.4. The van der Waals surface area contributed by atoms with E-state index in [9.17, 15) is 0 Å². The number of hydrogen-bond donors (Lipinski definition) is 0. The minimum absolute atomic E-state index is 0. The largest absolute Gasteiger partial charge is 2.00 e. The number of hydrogen-bond acceptors (Lipinski definition) is 4. The van der Waals surface area contributed by atoms with Gasteiger partial charge in [-0.1, -0.05) is 135 Å². The van der Waals surface area contributed by atoms with Crippen molar-refractivity contribution in [2.75, 3.05) is 0 Å². The Balaban J connectivity index is 0.00000458. The van der Waals surface area contributed by atoms with Gasteiger partial charge in [-0.25, -0.2) is 4.85 Å². The molecule has 0 aliphatic rings. The van der Waals surface area contributed by atoms with E-state index in [0.29, 0.717) is 39.7 Å². The first kappa shape index (κ1) is 38.9. The van der Waals surface area contributed by atoms with E-state index in [-0.39, 0.29) is 26.5 Å². The Hall–Kier alpha value is -7.32. The first-order chi connectivity index (χ1) is 29.8. The maximum absolute atomic E-state index is 7.97. The first-order valence-electron chi connectivity index (χ1n) is 20.3. The molecular weight excluding hydrogens is 944 g/mol. The molecule has 62 heavy (non-hydrogen) atoms. The molecule has 0 unspecified atom stereocenters. The number of rotatable bonds is 6. The summed E-state index contributed by atoms with van der Waals surface area (Å²) in [7, 11) is 0. The Morgan fingerprint density at radius 1 is 0.661 bits per heavy atom. The Labute approximate surface area is 373 Å². The molecule has 11 rings (SSSR count). The van der Waals surface area contributed by atoms with Gasteiger partial charge in [-0.2, -0.15) is 0 Å². The predicted molar refractivity (Wildman–Crippen MR) is 247 cm³/mol. The van der Waals surface area contributed by atoms with Crippen molar-refractivity contribution in [3.05, 3.63) is 193 Å². The topological polar surface area (TPSA) is 57.4 Å². The molecule has 7 heteroatoms. The molecule has 0 saturated carbocycles. The maximum atomic E-state index is 7.97. The zero-order valence-electron chi connectivity index (χ0n) is 34.0. The van der Waals surface area contributed by atoms with Gasteiger partial charge in [-0.3, -0.25) is 4.98 Å². The van der Waals surface area contributed by atoms with Crippen LogP contribution in [-0.2, 0) is 26.5 Å². The monoisotopic (exact) mass is 979 g/mol. The van der Waals surface area contributed by atoms with Crippen LogP contribution in [-0.4, -0.2) is 14.5 Å². The zero-order chi connectivity index (χ0) is 41.2. The van der Waals surface area contributed by atoms with E-state index in [0.717, 1.165) is 71.4 Å². The van der Waals surface area contributed by atoms with Crippen LogP contribution in [0.15, 0.2) is 168 Å². The van der Waals surface area contributed by atoms with Crippen LogP contribution in [0, 0.1) is 18.7 Å². The van der Waals surface area contributed by atoms with Crippen LogP contribution in [0.4, 0.5) is 5.69 Å². The molecule has 0 aliphatic heterocycles. The standard InChI is InChI=1S/C55H36N4O2.Pt/c1-55(2,3)46-28-35(34-15-6-5-7-16-34)24-25-50(46)59-51-23-11-10-22-48(51)58-54(59)45-32-39(60-38-18-14-17-36(27-38)47-21-12-13-26-57-47)31-44-43-33-42-37(30-52(43)61-53(44)45)29-49(56-4)41-20-9-8-19-40(41)42;/h5-26,28-31,33H,1-3H3;/q-2;+2. The van der Waals surface area contributed by atoms with Crippen LogP contribution in [0.5, 0.6) is 11.5 Å². The van der Waals surface area contributed by atoms with Gasteiger partial charge in [0, 0.05) is 28.8 Å². The minimum atomic E-state index is -0.229. The smallest absolute Gasteiger partial charge is 0.501 e. The maximum Gasteiger partial charge on any atom is 2.00 e. The molecule has 3 aromatic heterocycles. The Morgan fingerprint density at radius 3 is 2.26 bits per heavy atom. The summed E-state index contributed by atoms with van der Waals surface area (Å²) in [6.07, 6.45) is 1.77. The molecular formula is C55H36N4O2Pt. The van der Waals surface area contributed by atoms with E-state index >= 15 is 0 Å². The van der Waals surface area contributed by atoms with Crippen LogP contribution in [0.2, 0.25) is 0 Å². The molecule has 298 valence electrons. The van der Waals surface area contributed by atoms with Crippen molar-refractivity contribution in [3.8, 4) is 51.0 Å². The summed E-state index contributed by atoms with van der Waals surface area (Å²) >= 11 is 0. The van der Waals surface area contributed by atoms with Gasteiger partial charge < -0.3 is 18.7 Å². The van der Waals surface area contributed by atoms with Crippen molar-refractivity contribution in [1.82, 2.24) is 14.5 Å². The van der Waals surface area contributed by atoms with E-state index in [1.165, 1.54) is 5.56 Å². The summed E-state index contributed by atoms with van der Waals surface area (Å²) in [4.78, 5) is 13.8. The van der Waals surface area contributed by atoms with Crippen LogP contribution in [0.25, 0.3) is 98.8 Å². The van der Waals surface area contributed by atoms with E-state index in [2.05, 4.69) is 114 Å². The summed E-state index contributed by atoms with van der Waals surface area (Å²) in [6.45, 7) is 14.7. The zero-order valence-corrected chi connectivity index (χ0v) is 36.3. The quantitative estimate of drug-likeness (QED) is 0.123. The van der Waals surface area contributed by atoms with Crippen LogP contribution in [0.1, 0.15) is 26.3 Å². The van der Waals surface area contributed by atoms with Crippen molar-refractivity contribution in [2.45, 2.75) is 26.2 Å². The van der Waals surface area contributed by atoms with Gasteiger partial charge in [-0.15, -0.1) is 23.8 Å².